The molecule has 0 unspecified atom stereocenters. The van der Waals surface area contributed by atoms with Crippen molar-refractivity contribution < 1.29 is 4.74 Å². The van der Waals surface area contributed by atoms with E-state index in [-0.39, 0.29) is 0 Å². The molecule has 0 amide bonds. The van der Waals surface area contributed by atoms with Crippen molar-refractivity contribution in [1.29, 1.82) is 0 Å². The van der Waals surface area contributed by atoms with Gasteiger partial charge in [-0.2, -0.15) is 0 Å². The van der Waals surface area contributed by atoms with Crippen LogP contribution in [0, 0.1) is 6.92 Å². The van der Waals surface area contributed by atoms with E-state index < -0.39 is 0 Å². The van der Waals surface area contributed by atoms with Gasteiger partial charge < -0.3 is 15.0 Å². The number of nitrogens with one attached hydrogen (secondary N) is 1. The Morgan fingerprint density at radius 3 is 2.62 bits per heavy atom. The van der Waals surface area contributed by atoms with Crippen molar-refractivity contribution in [2.45, 2.75) is 13.5 Å². The van der Waals surface area contributed by atoms with Crippen LogP contribution in [-0.2, 0) is 11.3 Å². The Balaban J connectivity index is 1.32. The molecule has 170 valence electrons. The van der Waals surface area contributed by atoms with Gasteiger partial charge >= 0.3 is 0 Å². The zero-order valence-electron chi connectivity index (χ0n) is 19.2. The Morgan fingerprint density at radius 1 is 0.941 bits per heavy atom. The number of hydrogen-bond acceptors (Lipinski definition) is 5. The molecule has 1 N–H and O–H groups in total. The van der Waals surface area contributed by atoms with E-state index in [1.54, 1.807) is 0 Å². The van der Waals surface area contributed by atoms with Crippen LogP contribution in [0.4, 0.5) is 11.6 Å². The zero-order valence-corrected chi connectivity index (χ0v) is 19.2. The van der Waals surface area contributed by atoms with Crippen molar-refractivity contribution in [1.82, 2.24) is 14.4 Å². The van der Waals surface area contributed by atoms with Crippen LogP contribution in [0.1, 0.15) is 11.3 Å². The van der Waals surface area contributed by atoms with Crippen LogP contribution in [-0.4, -0.2) is 40.7 Å². The van der Waals surface area contributed by atoms with Crippen molar-refractivity contribution in [3.63, 3.8) is 0 Å². The van der Waals surface area contributed by atoms with Crippen LogP contribution in [0.25, 0.3) is 27.5 Å². The van der Waals surface area contributed by atoms with E-state index >= 15 is 0 Å². The third-order valence-corrected chi connectivity index (χ3v) is 6.53. The molecule has 3 heterocycles. The number of imidazole rings is 1. The summed E-state index contributed by atoms with van der Waals surface area (Å²) in [4.78, 5) is 11.8. The highest BCUT2D eigenvalue weighted by Gasteiger charge is 2.19. The zero-order chi connectivity index (χ0) is 22.9. The van der Waals surface area contributed by atoms with Gasteiger partial charge in [0.25, 0.3) is 0 Å². The Hall–Kier alpha value is -3.90. The average molecular weight is 450 g/mol. The molecule has 2 aromatic heterocycles. The summed E-state index contributed by atoms with van der Waals surface area (Å²) in [7, 11) is 0. The van der Waals surface area contributed by atoms with Gasteiger partial charge in [-0.25, -0.2) is 9.97 Å². The molecule has 0 radical (unpaired) electrons. The summed E-state index contributed by atoms with van der Waals surface area (Å²) in [6.45, 7) is 5.86. The molecular weight excluding hydrogens is 422 g/mol. The number of ether oxygens (including phenoxy) is 1. The SMILES string of the molecule is Cc1nc2c(N3CCOCC3)nccn2c1NCc1ccccc1-c1ccc2ccccc2c1. The smallest absolute Gasteiger partial charge is 0.182 e. The van der Waals surface area contributed by atoms with Gasteiger partial charge in [-0.05, 0) is 40.5 Å². The van der Waals surface area contributed by atoms with E-state index in [1.807, 2.05) is 19.3 Å². The number of nitrogens with zero attached hydrogens (tertiary/aromatic N) is 4. The van der Waals surface area contributed by atoms with Crippen LogP contribution in [0.5, 0.6) is 0 Å². The van der Waals surface area contributed by atoms with E-state index in [9.17, 15) is 0 Å². The van der Waals surface area contributed by atoms with Crippen molar-refractivity contribution in [2.24, 2.45) is 0 Å². The van der Waals surface area contributed by atoms with Crippen LogP contribution in [0.2, 0.25) is 0 Å². The molecule has 0 bridgehead atoms. The molecule has 1 aliphatic rings. The maximum atomic E-state index is 5.51. The molecule has 6 nitrogen and oxygen atoms in total. The van der Waals surface area contributed by atoms with Gasteiger partial charge in [0.15, 0.2) is 11.5 Å². The third-order valence-electron chi connectivity index (χ3n) is 6.53. The summed E-state index contributed by atoms with van der Waals surface area (Å²) in [5.74, 6) is 1.92. The van der Waals surface area contributed by atoms with Crippen molar-refractivity contribution >= 4 is 28.1 Å². The maximum Gasteiger partial charge on any atom is 0.182 e. The Bertz CT molecular complexity index is 1470. The van der Waals surface area contributed by atoms with E-state index in [0.29, 0.717) is 6.54 Å². The van der Waals surface area contributed by atoms with Gasteiger partial charge in [0.1, 0.15) is 5.82 Å². The minimum Gasteiger partial charge on any atom is -0.378 e. The number of benzene rings is 3. The van der Waals surface area contributed by atoms with Crippen molar-refractivity contribution in [3.8, 4) is 11.1 Å². The highest BCUT2D eigenvalue weighted by atomic mass is 16.5. The fraction of sp³-hybridized carbons (Fsp3) is 0.214. The summed E-state index contributed by atoms with van der Waals surface area (Å²) < 4.78 is 7.63. The molecule has 1 fully saturated rings. The monoisotopic (exact) mass is 449 g/mol. The van der Waals surface area contributed by atoms with Crippen LogP contribution < -0.4 is 10.2 Å². The highest BCUT2D eigenvalue weighted by Crippen LogP contribution is 2.29. The second-order valence-corrected chi connectivity index (χ2v) is 8.66. The fourth-order valence-electron chi connectivity index (χ4n) is 4.78. The molecule has 1 saturated heterocycles. The van der Waals surface area contributed by atoms with Gasteiger partial charge in [0.05, 0.1) is 18.9 Å². The topological polar surface area (TPSA) is 54.7 Å². The molecule has 34 heavy (non-hydrogen) atoms. The van der Waals surface area contributed by atoms with Gasteiger partial charge in [0.2, 0.25) is 0 Å². The lowest BCUT2D eigenvalue weighted by molar-refractivity contribution is 0.122. The van der Waals surface area contributed by atoms with E-state index in [0.717, 1.165) is 49.3 Å². The minimum atomic E-state index is 0.701. The number of morpholine rings is 1. The number of hydrogen-bond donors (Lipinski definition) is 1. The molecule has 0 saturated carbocycles. The first kappa shape index (κ1) is 20.7. The lowest BCUT2D eigenvalue weighted by Crippen LogP contribution is -2.37. The number of aromatic nitrogens is 3. The summed E-state index contributed by atoms with van der Waals surface area (Å²) in [6.07, 6.45) is 3.84. The molecular formula is C28H27N5O. The molecule has 1 aliphatic heterocycles. The number of anilines is 2. The first-order valence-corrected chi connectivity index (χ1v) is 11.8. The Morgan fingerprint density at radius 2 is 1.74 bits per heavy atom. The van der Waals surface area contributed by atoms with Crippen LogP contribution >= 0.6 is 0 Å². The van der Waals surface area contributed by atoms with E-state index in [2.05, 4.69) is 86.3 Å². The van der Waals surface area contributed by atoms with Gasteiger partial charge in [-0.3, -0.25) is 4.40 Å². The number of rotatable bonds is 5. The number of aryl methyl sites for hydroxylation is 1. The lowest BCUT2D eigenvalue weighted by Gasteiger charge is -2.27. The normalized spacial score (nSPS) is 14.1. The predicted molar refractivity (Wildman–Crippen MR) is 137 cm³/mol. The number of fused-ring (bicyclic) bond motifs is 2. The summed E-state index contributed by atoms with van der Waals surface area (Å²) >= 11 is 0. The molecule has 3 aromatic carbocycles. The van der Waals surface area contributed by atoms with Gasteiger partial charge in [-0.1, -0.05) is 60.7 Å². The average Bonchev–Trinajstić information content (AvgIpc) is 3.22. The fourth-order valence-corrected chi connectivity index (χ4v) is 4.78. The van der Waals surface area contributed by atoms with Crippen molar-refractivity contribution in [3.05, 3.63) is 90.4 Å². The Kier molecular flexibility index (Phi) is 5.35. The summed E-state index contributed by atoms with van der Waals surface area (Å²) in [5.41, 5.74) is 5.56. The van der Waals surface area contributed by atoms with E-state index in [4.69, 9.17) is 9.72 Å². The minimum absolute atomic E-state index is 0.701. The lowest BCUT2D eigenvalue weighted by atomic mass is 9.97. The second-order valence-electron chi connectivity index (χ2n) is 8.66. The van der Waals surface area contributed by atoms with Crippen LogP contribution in [0.3, 0.4) is 0 Å². The highest BCUT2D eigenvalue weighted by molar-refractivity contribution is 5.87. The molecule has 0 spiro atoms. The van der Waals surface area contributed by atoms with Crippen molar-refractivity contribution in [2.75, 3.05) is 36.5 Å². The van der Waals surface area contributed by atoms with Crippen LogP contribution in [0.15, 0.2) is 79.1 Å². The Labute approximate surface area is 198 Å². The first-order chi connectivity index (χ1) is 16.8. The first-order valence-electron chi connectivity index (χ1n) is 11.8. The largest absolute Gasteiger partial charge is 0.378 e. The third kappa shape index (κ3) is 3.76. The van der Waals surface area contributed by atoms with Gasteiger partial charge in [0, 0.05) is 32.0 Å². The quantitative estimate of drug-likeness (QED) is 0.394. The van der Waals surface area contributed by atoms with E-state index in [1.165, 1.54) is 27.5 Å². The molecule has 5 aromatic rings. The van der Waals surface area contributed by atoms with Gasteiger partial charge in [-0.15, -0.1) is 0 Å². The molecule has 6 heteroatoms. The summed E-state index contributed by atoms with van der Waals surface area (Å²) in [6, 6.07) is 23.8. The molecule has 0 atom stereocenters. The standard InChI is InChI=1S/C28H27N5O/c1-20-26(33-13-12-29-27(28(33)31-20)32-14-16-34-17-15-32)30-19-24-8-4-5-9-25(24)23-11-10-21-6-2-3-7-22(21)18-23/h2-13,18,30H,14-17,19H2,1H3. The predicted octanol–water partition coefficient (Wildman–Crippen LogP) is 5.31. The molecule has 6 rings (SSSR count). The summed E-state index contributed by atoms with van der Waals surface area (Å²) in [5, 5.41) is 6.17. The maximum absolute atomic E-state index is 5.51. The second kappa shape index (κ2) is 8.80. The molecule has 0 aliphatic carbocycles.